The van der Waals surface area contributed by atoms with Gasteiger partial charge in [0.05, 0.1) is 6.61 Å². The van der Waals surface area contributed by atoms with Crippen molar-refractivity contribution in [3.8, 4) is 0 Å². The molecule has 1 aliphatic carbocycles. The molecule has 0 saturated heterocycles. The molecule has 2 unspecified atom stereocenters. The summed E-state index contributed by atoms with van der Waals surface area (Å²) >= 11 is 0. The van der Waals surface area contributed by atoms with E-state index in [1.165, 1.54) is 17.5 Å². The Morgan fingerprint density at radius 2 is 2.11 bits per heavy atom. The monoisotopic (exact) mass is 247 g/mol. The third kappa shape index (κ3) is 3.82. The van der Waals surface area contributed by atoms with Crippen molar-refractivity contribution in [3.63, 3.8) is 0 Å². The molecule has 1 aromatic carbocycles. The molecule has 0 spiro atoms. The molecule has 100 valence electrons. The Bertz CT molecular complexity index is 394. The summed E-state index contributed by atoms with van der Waals surface area (Å²) in [7, 11) is 1.75. The van der Waals surface area contributed by atoms with Crippen molar-refractivity contribution >= 4 is 0 Å². The molecule has 0 aromatic heterocycles. The van der Waals surface area contributed by atoms with Crippen molar-refractivity contribution in [2.24, 2.45) is 5.92 Å². The molecule has 18 heavy (non-hydrogen) atoms. The Kier molecular flexibility index (Phi) is 4.08. The standard InChI is InChI=1S/C16H25NO/c1-16(2,3)17-10-14-9-15(14)13-7-5-6-12(8-13)11-18-4/h5-8,14-15,17H,9-11H2,1-4H3. The minimum atomic E-state index is 0.227. The maximum atomic E-state index is 5.19. The molecule has 2 nitrogen and oxygen atoms in total. The fraction of sp³-hybridized carbons (Fsp3) is 0.625. The summed E-state index contributed by atoms with van der Waals surface area (Å²) in [6, 6.07) is 8.83. The second-order valence-electron chi connectivity index (χ2n) is 6.41. The lowest BCUT2D eigenvalue weighted by atomic mass is 10.1. The Hall–Kier alpha value is -0.860. The van der Waals surface area contributed by atoms with E-state index in [-0.39, 0.29) is 5.54 Å². The van der Waals surface area contributed by atoms with Crippen molar-refractivity contribution in [2.75, 3.05) is 13.7 Å². The van der Waals surface area contributed by atoms with Gasteiger partial charge < -0.3 is 10.1 Å². The van der Waals surface area contributed by atoms with Crippen molar-refractivity contribution in [2.45, 2.75) is 45.3 Å². The highest BCUT2D eigenvalue weighted by Crippen LogP contribution is 2.47. The highest BCUT2D eigenvalue weighted by Gasteiger charge is 2.38. The molecule has 0 radical (unpaired) electrons. The quantitative estimate of drug-likeness (QED) is 0.862. The zero-order valence-corrected chi connectivity index (χ0v) is 12.0. The number of methoxy groups -OCH3 is 1. The number of ether oxygens (including phenoxy) is 1. The molecule has 0 aliphatic heterocycles. The van der Waals surface area contributed by atoms with Gasteiger partial charge in [0.1, 0.15) is 0 Å². The van der Waals surface area contributed by atoms with Crippen LogP contribution in [0, 0.1) is 5.92 Å². The Morgan fingerprint density at radius 3 is 2.78 bits per heavy atom. The summed E-state index contributed by atoms with van der Waals surface area (Å²) in [4.78, 5) is 0. The normalized spacial score (nSPS) is 23.1. The van der Waals surface area contributed by atoms with Crippen LogP contribution in [0.15, 0.2) is 24.3 Å². The van der Waals surface area contributed by atoms with Crippen LogP contribution < -0.4 is 5.32 Å². The minimum Gasteiger partial charge on any atom is -0.380 e. The topological polar surface area (TPSA) is 21.3 Å². The minimum absolute atomic E-state index is 0.227. The average molecular weight is 247 g/mol. The molecule has 0 heterocycles. The van der Waals surface area contributed by atoms with Crippen LogP contribution in [-0.2, 0) is 11.3 Å². The molecule has 1 fully saturated rings. The molecular weight excluding hydrogens is 222 g/mol. The lowest BCUT2D eigenvalue weighted by Crippen LogP contribution is -2.37. The molecule has 1 N–H and O–H groups in total. The van der Waals surface area contributed by atoms with Gasteiger partial charge in [-0.15, -0.1) is 0 Å². The van der Waals surface area contributed by atoms with Gasteiger partial charge in [0.15, 0.2) is 0 Å². The summed E-state index contributed by atoms with van der Waals surface area (Å²) in [5.41, 5.74) is 2.99. The van der Waals surface area contributed by atoms with E-state index < -0.39 is 0 Å². The summed E-state index contributed by atoms with van der Waals surface area (Å²) in [5, 5.41) is 3.60. The second kappa shape index (κ2) is 5.41. The second-order valence-corrected chi connectivity index (χ2v) is 6.41. The van der Waals surface area contributed by atoms with Gasteiger partial charge in [-0.3, -0.25) is 0 Å². The predicted octanol–water partition coefficient (Wildman–Crippen LogP) is 3.32. The first-order chi connectivity index (χ1) is 8.49. The van der Waals surface area contributed by atoms with Crippen LogP contribution in [0.5, 0.6) is 0 Å². The van der Waals surface area contributed by atoms with Crippen LogP contribution in [0.1, 0.15) is 44.2 Å². The van der Waals surface area contributed by atoms with Crippen LogP contribution in [-0.4, -0.2) is 19.2 Å². The maximum absolute atomic E-state index is 5.19. The van der Waals surface area contributed by atoms with E-state index >= 15 is 0 Å². The molecular formula is C16H25NO. The summed E-state index contributed by atoms with van der Waals surface area (Å²) < 4.78 is 5.19. The van der Waals surface area contributed by atoms with Gasteiger partial charge in [-0.05, 0) is 56.7 Å². The zero-order chi connectivity index (χ0) is 13.2. The first-order valence-electron chi connectivity index (χ1n) is 6.82. The Balaban J connectivity index is 1.89. The Labute approximate surface area is 111 Å². The molecule has 0 amide bonds. The molecule has 2 atom stereocenters. The summed E-state index contributed by atoms with van der Waals surface area (Å²) in [5.74, 6) is 1.55. The van der Waals surface area contributed by atoms with Gasteiger partial charge in [0.25, 0.3) is 0 Å². The lowest BCUT2D eigenvalue weighted by Gasteiger charge is -2.20. The third-order valence-electron chi connectivity index (χ3n) is 3.51. The van der Waals surface area contributed by atoms with E-state index in [0.29, 0.717) is 6.61 Å². The molecule has 0 bridgehead atoms. The average Bonchev–Trinajstić information content (AvgIpc) is 3.06. The number of rotatable bonds is 5. The number of nitrogens with one attached hydrogen (secondary N) is 1. The van der Waals surface area contributed by atoms with Crippen LogP contribution in [0.4, 0.5) is 0 Å². The van der Waals surface area contributed by atoms with Gasteiger partial charge in [0.2, 0.25) is 0 Å². The maximum Gasteiger partial charge on any atom is 0.0713 e. The molecule has 2 heteroatoms. The first kappa shape index (κ1) is 13.6. The Morgan fingerprint density at radius 1 is 1.33 bits per heavy atom. The fourth-order valence-corrected chi connectivity index (χ4v) is 2.40. The number of hydrogen-bond acceptors (Lipinski definition) is 2. The zero-order valence-electron chi connectivity index (χ0n) is 12.0. The van der Waals surface area contributed by atoms with Gasteiger partial charge in [0, 0.05) is 12.6 Å². The van der Waals surface area contributed by atoms with Crippen LogP contribution >= 0.6 is 0 Å². The van der Waals surface area contributed by atoms with Gasteiger partial charge in [-0.25, -0.2) is 0 Å². The third-order valence-corrected chi connectivity index (χ3v) is 3.51. The van der Waals surface area contributed by atoms with E-state index in [2.05, 4.69) is 50.4 Å². The highest BCUT2D eigenvalue weighted by molar-refractivity contribution is 5.30. The van der Waals surface area contributed by atoms with Crippen molar-refractivity contribution < 1.29 is 4.74 Å². The van der Waals surface area contributed by atoms with Crippen molar-refractivity contribution in [1.29, 1.82) is 0 Å². The number of benzene rings is 1. The first-order valence-corrected chi connectivity index (χ1v) is 6.82. The summed E-state index contributed by atoms with van der Waals surface area (Å²) in [6.07, 6.45) is 1.32. The fourth-order valence-electron chi connectivity index (χ4n) is 2.40. The van der Waals surface area contributed by atoms with E-state index in [1.807, 2.05) is 0 Å². The molecule has 2 rings (SSSR count). The van der Waals surface area contributed by atoms with E-state index in [1.54, 1.807) is 7.11 Å². The SMILES string of the molecule is COCc1cccc(C2CC2CNC(C)(C)C)c1. The number of hydrogen-bond donors (Lipinski definition) is 1. The highest BCUT2D eigenvalue weighted by atomic mass is 16.5. The molecule has 1 aliphatic rings. The van der Waals surface area contributed by atoms with Crippen LogP contribution in [0.3, 0.4) is 0 Å². The molecule has 1 saturated carbocycles. The van der Waals surface area contributed by atoms with Crippen molar-refractivity contribution in [3.05, 3.63) is 35.4 Å². The van der Waals surface area contributed by atoms with Crippen molar-refractivity contribution in [1.82, 2.24) is 5.32 Å². The van der Waals surface area contributed by atoms with Gasteiger partial charge in [-0.1, -0.05) is 24.3 Å². The van der Waals surface area contributed by atoms with E-state index in [4.69, 9.17) is 4.74 Å². The van der Waals surface area contributed by atoms with E-state index in [9.17, 15) is 0 Å². The lowest BCUT2D eigenvalue weighted by molar-refractivity contribution is 0.185. The summed E-state index contributed by atoms with van der Waals surface area (Å²) in [6.45, 7) is 8.52. The largest absolute Gasteiger partial charge is 0.380 e. The predicted molar refractivity (Wildman–Crippen MR) is 75.8 cm³/mol. The van der Waals surface area contributed by atoms with Gasteiger partial charge in [-0.2, -0.15) is 0 Å². The molecule has 1 aromatic rings. The smallest absolute Gasteiger partial charge is 0.0713 e. The van der Waals surface area contributed by atoms with Crippen LogP contribution in [0.2, 0.25) is 0 Å². The van der Waals surface area contributed by atoms with Crippen LogP contribution in [0.25, 0.3) is 0 Å². The van der Waals surface area contributed by atoms with Gasteiger partial charge >= 0.3 is 0 Å². The van der Waals surface area contributed by atoms with E-state index in [0.717, 1.165) is 18.4 Å².